The lowest BCUT2D eigenvalue weighted by Gasteiger charge is -2.27. The fourth-order valence-electron chi connectivity index (χ4n) is 5.05. The van der Waals surface area contributed by atoms with Crippen molar-refractivity contribution >= 4 is 84.5 Å². The van der Waals surface area contributed by atoms with Crippen molar-refractivity contribution in [3.8, 4) is 0 Å². The van der Waals surface area contributed by atoms with E-state index in [9.17, 15) is 52.4 Å². The highest BCUT2D eigenvalue weighted by Gasteiger charge is 2.32. The van der Waals surface area contributed by atoms with Gasteiger partial charge < -0.3 is 66.2 Å². The Kier molecular flexibility index (Phi) is 50.9. The van der Waals surface area contributed by atoms with Gasteiger partial charge in [0.05, 0.1) is 74.0 Å². The van der Waals surface area contributed by atoms with Crippen LogP contribution < -0.4 is 4.89 Å². The number of ketones is 1. The SMILES string of the molecule is C.C.C1CO1.CC(=O)Cl.CC(=O)OC(C)C(=O)OC(C)C(=O)COCc1ccccc1.CC(=O)OC(C)C(=O)OCCOP(=O)([O-])OCC[N+](C)(C)C.CC1OC(=O)C(C)OC1=O.COCc1ccccc1.O=P1(Cl)OCCO1.OCc1ccccc1. The summed E-state index contributed by atoms with van der Waals surface area (Å²) in [7, 11) is 2.96. The number of likely N-dealkylation sites (N-methyl/N-ethyl adjacent to an activating group) is 1. The van der Waals surface area contributed by atoms with Crippen LogP contribution in [0.3, 0.4) is 0 Å². The average Bonchev–Trinajstić information content (AvgIpc) is 4.32. The molecule has 6 unspecified atom stereocenters. The van der Waals surface area contributed by atoms with E-state index in [0.29, 0.717) is 37.5 Å². The maximum atomic E-state index is 11.8. The van der Waals surface area contributed by atoms with Crippen molar-refractivity contribution in [3.63, 3.8) is 0 Å². The summed E-state index contributed by atoms with van der Waals surface area (Å²) in [6, 6.07) is 29.0. The first kappa shape index (κ1) is 87.9. The van der Waals surface area contributed by atoms with Gasteiger partial charge in [-0.1, -0.05) is 106 Å². The lowest BCUT2D eigenvalue weighted by atomic mass is 10.2. The Morgan fingerprint density at radius 2 is 1.06 bits per heavy atom. The molecule has 0 amide bonds. The number of phosphoric ester groups is 1. The molecule has 6 atom stereocenters. The number of esters is 6. The highest BCUT2D eigenvalue weighted by atomic mass is 35.7. The van der Waals surface area contributed by atoms with E-state index in [4.69, 9.17) is 35.3 Å². The van der Waals surface area contributed by atoms with Gasteiger partial charge in [0.25, 0.3) is 7.82 Å². The lowest BCUT2D eigenvalue weighted by molar-refractivity contribution is -0.870. The highest BCUT2D eigenvalue weighted by Crippen LogP contribution is 2.56. The van der Waals surface area contributed by atoms with E-state index in [1.807, 2.05) is 112 Å². The topological polar surface area (TPSA) is 337 Å². The molecule has 1 N–H and O–H groups in total. The number of carbonyl (C=O) groups is 8. The van der Waals surface area contributed by atoms with Crippen LogP contribution in [-0.4, -0.2) is 175 Å². The molecule has 26 nitrogen and oxygen atoms in total. The lowest BCUT2D eigenvalue weighted by Crippen LogP contribution is -2.40. The number of cyclic esters (lactones) is 2. The van der Waals surface area contributed by atoms with Crippen LogP contribution in [0.15, 0.2) is 91.0 Å². The van der Waals surface area contributed by atoms with Crippen LogP contribution in [0, 0.1) is 0 Å². The second-order valence-electron chi connectivity index (χ2n) is 18.2. The minimum Gasteiger partial charge on any atom is -0.756 e. The van der Waals surface area contributed by atoms with E-state index in [1.165, 1.54) is 54.0 Å². The van der Waals surface area contributed by atoms with Gasteiger partial charge in [0.1, 0.15) is 26.4 Å². The first-order valence-electron chi connectivity index (χ1n) is 25.9. The third-order valence-corrected chi connectivity index (χ3v) is 11.8. The predicted octanol–water partition coefficient (Wildman–Crippen LogP) is 7.66. The first-order valence-corrected chi connectivity index (χ1v) is 30.2. The zero-order valence-electron chi connectivity index (χ0n) is 49.9. The summed E-state index contributed by atoms with van der Waals surface area (Å²) >= 11 is 9.71. The number of quaternary nitrogens is 1. The third kappa shape index (κ3) is 54.4. The summed E-state index contributed by atoms with van der Waals surface area (Å²) in [6.45, 7) is 11.2. The number of phosphoric acid groups is 1. The Balaban J connectivity index is -0.000000484. The summed E-state index contributed by atoms with van der Waals surface area (Å²) in [6.07, 6.45) is -4.55. The van der Waals surface area contributed by atoms with Gasteiger partial charge in [-0.05, 0) is 62.9 Å². The molecule has 3 saturated heterocycles. The van der Waals surface area contributed by atoms with Gasteiger partial charge in [-0.3, -0.25) is 32.8 Å². The predicted molar refractivity (Wildman–Crippen MR) is 319 cm³/mol. The van der Waals surface area contributed by atoms with Crippen molar-refractivity contribution in [3.05, 3.63) is 108 Å². The van der Waals surface area contributed by atoms with E-state index >= 15 is 0 Å². The normalized spacial score (nSPS) is 16.3. The Morgan fingerprint density at radius 3 is 1.40 bits per heavy atom. The third-order valence-electron chi connectivity index (χ3n) is 9.25. The molecule has 0 aliphatic carbocycles. The minimum atomic E-state index is -4.42. The van der Waals surface area contributed by atoms with Crippen LogP contribution in [0.5, 0.6) is 0 Å². The second-order valence-corrected chi connectivity index (χ2v) is 22.8. The standard InChI is InChI=1S/C16H20O6.C12H24NO8P.C8H10O.C7H8O.C6H8O4.C2H4ClO3P.C2H3ClO.C2H4O.2CH4/c1-11(22-16(19)12(2)21-13(3)17)15(18)10-20-9-14-7-5-4-6-8-14;1-10(21-11(2)14)12(15)18-8-9-20-22(16,17)19-7-6-13(3,4)5;1-9-7-8-5-3-2-4-6-8;8-6-7-4-2-1-3-5-7;1-3-5(7)10-4(2)6(8)9-3;3-7(4)5-1-2-6-7;1-2(3)4;1-2-3-1;;/h4-8,11-12H,9-10H2,1-3H3;10H,6-9H2,1-5H3;2-6H,7H2,1H3;1-5,8H,6H2;3-4H,1-2H3;1-2H2;1H3;1-2H2;2*1H4. The Bertz CT molecular complexity index is 2450. The number of aliphatic hydroxyl groups excluding tert-OH is 1. The van der Waals surface area contributed by atoms with E-state index < -0.39 is 81.1 Å². The Hall–Kier alpha value is -5.54. The molecule has 0 spiro atoms. The molecule has 30 heteroatoms. The average molecular weight is 1320 g/mol. The number of carbonyl (C=O) groups excluding carboxylic acids is 8. The smallest absolute Gasteiger partial charge is 0.424 e. The van der Waals surface area contributed by atoms with Gasteiger partial charge >= 0.3 is 42.8 Å². The number of halogens is 2. The number of epoxide rings is 1. The molecule has 3 aliphatic rings. The summed E-state index contributed by atoms with van der Waals surface area (Å²) in [5.74, 6) is -4.08. The van der Waals surface area contributed by atoms with Crippen LogP contribution in [0.1, 0.15) is 86.9 Å². The van der Waals surface area contributed by atoms with E-state index in [2.05, 4.69) is 53.4 Å². The van der Waals surface area contributed by atoms with E-state index in [1.54, 1.807) is 7.11 Å². The van der Waals surface area contributed by atoms with Gasteiger partial charge in [0, 0.05) is 39.1 Å². The van der Waals surface area contributed by atoms with Crippen molar-refractivity contribution in [1.82, 2.24) is 0 Å². The molecule has 496 valence electrons. The second kappa shape index (κ2) is 50.3. The monoisotopic (exact) mass is 1320 g/mol. The Labute approximate surface area is 521 Å². The molecule has 0 aromatic heterocycles. The number of methoxy groups -OCH3 is 1. The molecule has 6 rings (SSSR count). The number of ether oxygens (including phenoxy) is 9. The Morgan fingerprint density at radius 1 is 0.667 bits per heavy atom. The van der Waals surface area contributed by atoms with E-state index in [0.717, 1.165) is 31.3 Å². The van der Waals surface area contributed by atoms with Gasteiger partial charge in [0.15, 0.2) is 36.3 Å². The molecular weight excluding hydrogens is 1230 g/mol. The van der Waals surface area contributed by atoms with E-state index in [-0.39, 0.29) is 58.9 Å². The quantitative estimate of drug-likeness (QED) is 0.0203. The molecule has 3 aromatic carbocycles. The van der Waals surface area contributed by atoms with Crippen LogP contribution in [0.2, 0.25) is 0 Å². The number of nitrogens with zero attached hydrogens (tertiary/aromatic N) is 1. The summed E-state index contributed by atoms with van der Waals surface area (Å²) < 4.78 is 83.2. The van der Waals surface area contributed by atoms with Gasteiger partial charge in [0.2, 0.25) is 5.24 Å². The maximum Gasteiger partial charge on any atom is 0.424 e. The molecule has 0 radical (unpaired) electrons. The number of benzene rings is 3. The molecular formula is C57H89Cl2NO25P2. The van der Waals surface area contributed by atoms with Gasteiger partial charge in [-0.15, -0.1) is 0 Å². The molecule has 3 heterocycles. The number of Topliss-reactive ketones (excluding diaryl/α,β-unsaturated/α-hetero) is 1. The fourth-order valence-corrected chi connectivity index (χ4v) is 6.81. The van der Waals surface area contributed by atoms with Crippen molar-refractivity contribution in [2.45, 2.75) is 121 Å². The number of hydrogen-bond acceptors (Lipinski definition) is 25. The largest absolute Gasteiger partial charge is 0.756 e. The molecule has 0 saturated carbocycles. The minimum absolute atomic E-state index is 0. The zero-order valence-corrected chi connectivity index (χ0v) is 53.2. The van der Waals surface area contributed by atoms with Crippen molar-refractivity contribution < 1.29 is 123 Å². The fraction of sp³-hybridized carbons (Fsp3) is 0.544. The van der Waals surface area contributed by atoms with Crippen LogP contribution in [-0.2, 0) is 128 Å². The van der Waals surface area contributed by atoms with Gasteiger partial charge in [-0.2, -0.15) is 0 Å². The summed E-state index contributed by atoms with van der Waals surface area (Å²) in [4.78, 5) is 98.0. The molecule has 3 aromatic rings. The maximum absolute atomic E-state index is 11.8. The van der Waals surface area contributed by atoms with Crippen LogP contribution in [0.4, 0.5) is 0 Å². The number of rotatable bonds is 21. The molecule has 3 fully saturated rings. The highest BCUT2D eigenvalue weighted by molar-refractivity contribution is 7.81. The first-order chi connectivity index (χ1) is 39.7. The van der Waals surface area contributed by atoms with Crippen molar-refractivity contribution in [2.75, 3.05) is 87.7 Å². The molecule has 87 heavy (non-hydrogen) atoms. The van der Waals surface area contributed by atoms with Crippen LogP contribution >= 0.6 is 37.6 Å². The number of aliphatic hydroxyl groups is 1. The zero-order chi connectivity index (χ0) is 65.0. The van der Waals surface area contributed by atoms with Crippen molar-refractivity contribution in [1.29, 1.82) is 0 Å². The molecule has 0 bridgehead atoms. The van der Waals surface area contributed by atoms with Crippen LogP contribution in [0.25, 0.3) is 0 Å². The molecule has 3 aliphatic heterocycles. The van der Waals surface area contributed by atoms with Crippen molar-refractivity contribution in [2.24, 2.45) is 0 Å². The number of hydrogen-bond donors (Lipinski definition) is 1. The summed E-state index contributed by atoms with van der Waals surface area (Å²) in [5.41, 5.74) is 3.14. The van der Waals surface area contributed by atoms with Gasteiger partial charge in [-0.25, -0.2) is 23.7 Å². The summed E-state index contributed by atoms with van der Waals surface area (Å²) in [5, 5.41) is 8.18.